The molecule has 2 atom stereocenters. The molecular weight excluding hydrogens is 219 g/mol. The maximum Gasteiger partial charge on any atom is 0.190 e. The zero-order valence-corrected chi connectivity index (χ0v) is 12.6. The number of hydrogen-bond acceptors (Lipinski definition) is 2. The summed E-state index contributed by atoms with van der Waals surface area (Å²) in [7, 11) is 0.0938. The summed E-state index contributed by atoms with van der Waals surface area (Å²) in [5.74, 6) is 0.657. The molecule has 0 aliphatic rings. The minimum atomic E-state index is -0.485. The van der Waals surface area contributed by atoms with Crippen LogP contribution in [0.1, 0.15) is 60.8 Å². The van der Waals surface area contributed by atoms with Gasteiger partial charge in [-0.3, -0.25) is 4.57 Å². The van der Waals surface area contributed by atoms with Gasteiger partial charge in [0.05, 0.1) is 0 Å². The van der Waals surface area contributed by atoms with E-state index in [1.807, 2.05) is 13.8 Å². The molecular formula is C13H27O2P. The van der Waals surface area contributed by atoms with Crippen molar-refractivity contribution < 1.29 is 9.30 Å². The molecule has 0 aliphatic heterocycles. The van der Waals surface area contributed by atoms with Crippen LogP contribution in [0.5, 0.6) is 0 Å². The molecule has 0 saturated heterocycles. The molecule has 16 heavy (non-hydrogen) atoms. The van der Waals surface area contributed by atoms with E-state index < -0.39 is 5.34 Å². The van der Waals surface area contributed by atoms with Gasteiger partial charge in [0.25, 0.3) is 0 Å². The standard InChI is InChI=1S/C13H27O2P/c1-7-13(6,16-14)15-9-8-11(2)10-12(3,4)5/h11H,7-10H2,1-6H3. The average molecular weight is 246 g/mol. The fourth-order valence-corrected chi connectivity index (χ4v) is 2.09. The van der Waals surface area contributed by atoms with Gasteiger partial charge in [0.1, 0.15) is 5.34 Å². The maximum atomic E-state index is 10.9. The molecule has 0 aromatic heterocycles. The SMILES string of the molecule is CCC(C)(OCCC(C)CC(C)(C)C)P=O. The zero-order chi connectivity index (χ0) is 12.8. The predicted molar refractivity (Wildman–Crippen MR) is 70.1 cm³/mol. The van der Waals surface area contributed by atoms with Crippen molar-refractivity contribution in [2.45, 2.75) is 66.1 Å². The van der Waals surface area contributed by atoms with Gasteiger partial charge in [-0.2, -0.15) is 0 Å². The van der Waals surface area contributed by atoms with E-state index in [0.717, 1.165) is 12.8 Å². The molecule has 0 aromatic carbocycles. The van der Waals surface area contributed by atoms with Crippen molar-refractivity contribution in [1.29, 1.82) is 0 Å². The van der Waals surface area contributed by atoms with Crippen LogP contribution in [0.3, 0.4) is 0 Å². The Kier molecular flexibility index (Phi) is 6.74. The first-order valence-corrected chi connectivity index (χ1v) is 7.02. The number of ether oxygens (including phenoxy) is 1. The molecule has 0 aliphatic carbocycles. The Morgan fingerprint density at radius 3 is 2.19 bits per heavy atom. The molecule has 0 heterocycles. The Bertz CT molecular complexity index is 210. The van der Waals surface area contributed by atoms with E-state index in [1.165, 1.54) is 6.42 Å². The molecule has 0 radical (unpaired) electrons. The van der Waals surface area contributed by atoms with Crippen LogP contribution in [-0.4, -0.2) is 11.9 Å². The summed E-state index contributed by atoms with van der Waals surface area (Å²) in [6.07, 6.45) is 3.03. The normalized spacial score (nSPS) is 18.4. The molecule has 0 bridgehead atoms. The molecule has 0 saturated carbocycles. The average Bonchev–Trinajstić information content (AvgIpc) is 2.14. The van der Waals surface area contributed by atoms with Gasteiger partial charge < -0.3 is 4.74 Å². The Morgan fingerprint density at radius 2 is 1.81 bits per heavy atom. The van der Waals surface area contributed by atoms with Crippen LogP contribution >= 0.6 is 8.46 Å². The van der Waals surface area contributed by atoms with Crippen LogP contribution in [0.25, 0.3) is 0 Å². The van der Waals surface area contributed by atoms with Gasteiger partial charge in [0.15, 0.2) is 8.46 Å². The van der Waals surface area contributed by atoms with E-state index in [0.29, 0.717) is 17.9 Å². The lowest BCUT2D eigenvalue weighted by atomic mass is 9.84. The van der Waals surface area contributed by atoms with Crippen molar-refractivity contribution in [1.82, 2.24) is 0 Å². The Morgan fingerprint density at radius 1 is 1.25 bits per heavy atom. The van der Waals surface area contributed by atoms with E-state index in [1.54, 1.807) is 0 Å². The first-order chi connectivity index (χ1) is 7.22. The highest BCUT2D eigenvalue weighted by atomic mass is 31.1. The van der Waals surface area contributed by atoms with Gasteiger partial charge in [0.2, 0.25) is 0 Å². The molecule has 96 valence electrons. The smallest absolute Gasteiger partial charge is 0.190 e. The second kappa shape index (κ2) is 6.71. The summed E-state index contributed by atoms with van der Waals surface area (Å²) in [4.78, 5) is 0. The molecule has 2 unspecified atom stereocenters. The second-order valence-corrected chi connectivity index (χ2v) is 7.26. The van der Waals surface area contributed by atoms with Crippen LogP contribution < -0.4 is 0 Å². The Labute approximate surface area is 102 Å². The maximum absolute atomic E-state index is 10.9. The fourth-order valence-electron chi connectivity index (χ4n) is 1.82. The van der Waals surface area contributed by atoms with Gasteiger partial charge in [-0.1, -0.05) is 34.6 Å². The lowest BCUT2D eigenvalue weighted by Crippen LogP contribution is -2.22. The second-order valence-electron chi connectivity index (χ2n) is 6.13. The van der Waals surface area contributed by atoms with Gasteiger partial charge in [-0.15, -0.1) is 0 Å². The summed E-state index contributed by atoms with van der Waals surface area (Å²) in [5, 5.41) is -0.485. The lowest BCUT2D eigenvalue weighted by molar-refractivity contribution is 0.0227. The number of rotatable bonds is 7. The molecule has 3 heteroatoms. The van der Waals surface area contributed by atoms with Crippen LogP contribution in [0.2, 0.25) is 0 Å². The third-order valence-electron chi connectivity index (χ3n) is 2.83. The van der Waals surface area contributed by atoms with Crippen molar-refractivity contribution in [2.75, 3.05) is 6.61 Å². The minimum absolute atomic E-state index is 0.0938. The van der Waals surface area contributed by atoms with Crippen LogP contribution in [-0.2, 0) is 9.30 Å². The van der Waals surface area contributed by atoms with E-state index in [9.17, 15) is 4.57 Å². The highest BCUT2D eigenvalue weighted by Crippen LogP contribution is 2.30. The fraction of sp³-hybridized carbons (Fsp3) is 1.00. The molecule has 0 amide bonds. The van der Waals surface area contributed by atoms with Crippen LogP contribution in [0.15, 0.2) is 0 Å². The Hall–Kier alpha value is 0.0600. The first kappa shape index (κ1) is 16.1. The highest BCUT2D eigenvalue weighted by Gasteiger charge is 2.23. The first-order valence-electron chi connectivity index (χ1n) is 6.21. The molecule has 0 fully saturated rings. The van der Waals surface area contributed by atoms with Gasteiger partial charge in [-0.05, 0) is 37.5 Å². The Balaban J connectivity index is 3.86. The minimum Gasteiger partial charge on any atom is -0.363 e. The molecule has 0 N–H and O–H groups in total. The lowest BCUT2D eigenvalue weighted by Gasteiger charge is -2.25. The molecule has 2 nitrogen and oxygen atoms in total. The largest absolute Gasteiger partial charge is 0.363 e. The van der Waals surface area contributed by atoms with Gasteiger partial charge >= 0.3 is 0 Å². The third-order valence-corrected chi connectivity index (χ3v) is 3.67. The summed E-state index contributed by atoms with van der Waals surface area (Å²) in [5.41, 5.74) is 0.379. The van der Waals surface area contributed by atoms with E-state index >= 15 is 0 Å². The summed E-state index contributed by atoms with van der Waals surface area (Å²) >= 11 is 0. The van der Waals surface area contributed by atoms with Gasteiger partial charge in [-0.25, -0.2) is 0 Å². The summed E-state index contributed by atoms with van der Waals surface area (Å²) < 4.78 is 16.6. The van der Waals surface area contributed by atoms with Gasteiger partial charge in [0, 0.05) is 6.61 Å². The van der Waals surface area contributed by atoms with Crippen LogP contribution in [0.4, 0.5) is 0 Å². The van der Waals surface area contributed by atoms with Crippen LogP contribution in [0, 0.1) is 11.3 Å². The monoisotopic (exact) mass is 246 g/mol. The van der Waals surface area contributed by atoms with Crippen molar-refractivity contribution in [3.63, 3.8) is 0 Å². The topological polar surface area (TPSA) is 26.3 Å². The van der Waals surface area contributed by atoms with Crippen molar-refractivity contribution >= 4 is 8.46 Å². The van der Waals surface area contributed by atoms with E-state index in [4.69, 9.17) is 4.74 Å². The van der Waals surface area contributed by atoms with Crippen molar-refractivity contribution in [3.8, 4) is 0 Å². The predicted octanol–water partition coefficient (Wildman–Crippen LogP) is 4.88. The third kappa shape index (κ3) is 7.35. The summed E-state index contributed by atoms with van der Waals surface area (Å²) in [6.45, 7) is 13.6. The zero-order valence-electron chi connectivity index (χ0n) is 11.7. The molecule has 0 aromatic rings. The molecule has 0 spiro atoms. The number of hydrogen-bond donors (Lipinski definition) is 0. The molecule has 0 rings (SSSR count). The summed E-state index contributed by atoms with van der Waals surface area (Å²) in [6, 6.07) is 0. The quantitative estimate of drug-likeness (QED) is 0.598. The van der Waals surface area contributed by atoms with Crippen molar-refractivity contribution in [2.24, 2.45) is 11.3 Å². The van der Waals surface area contributed by atoms with E-state index in [-0.39, 0.29) is 8.46 Å². The highest BCUT2D eigenvalue weighted by molar-refractivity contribution is 7.25. The van der Waals surface area contributed by atoms with E-state index in [2.05, 4.69) is 27.7 Å². The van der Waals surface area contributed by atoms with Crippen molar-refractivity contribution in [3.05, 3.63) is 0 Å².